The average Bonchev–Trinajstić information content (AvgIpc) is 2.28. The molecule has 1 amide bonds. The summed E-state index contributed by atoms with van der Waals surface area (Å²) in [5.74, 6) is 0.341. The summed E-state index contributed by atoms with van der Waals surface area (Å²) in [5.41, 5.74) is 6.92. The zero-order chi connectivity index (χ0) is 13.7. The number of rotatable bonds is 5. The number of hydrogen-bond donors (Lipinski definition) is 2. The third-order valence-electron chi connectivity index (χ3n) is 2.79. The van der Waals surface area contributed by atoms with E-state index in [-0.39, 0.29) is 24.4 Å². The Morgan fingerprint density at radius 1 is 1.26 bits per heavy atom. The zero-order valence-electron chi connectivity index (χ0n) is 11.5. The van der Waals surface area contributed by atoms with Crippen LogP contribution in [0.3, 0.4) is 0 Å². The van der Waals surface area contributed by atoms with Crippen molar-refractivity contribution in [2.24, 2.45) is 11.7 Å². The number of carbonyl (C=O) groups is 1. The lowest BCUT2D eigenvalue weighted by Gasteiger charge is -2.19. The van der Waals surface area contributed by atoms with E-state index in [0.29, 0.717) is 12.3 Å². The van der Waals surface area contributed by atoms with E-state index in [9.17, 15) is 4.79 Å². The molecule has 0 spiro atoms. The van der Waals surface area contributed by atoms with Gasteiger partial charge >= 0.3 is 0 Å². The molecule has 0 aliphatic rings. The van der Waals surface area contributed by atoms with Crippen LogP contribution in [0.2, 0.25) is 0 Å². The van der Waals surface area contributed by atoms with E-state index in [1.54, 1.807) is 0 Å². The van der Waals surface area contributed by atoms with Crippen molar-refractivity contribution >= 4 is 34.2 Å². The van der Waals surface area contributed by atoms with Crippen LogP contribution >= 0.6 is 28.3 Å². The molecular weight excluding hydrogens is 328 g/mol. The van der Waals surface area contributed by atoms with Gasteiger partial charge in [-0.3, -0.25) is 4.79 Å². The Balaban J connectivity index is 0.00000324. The Bertz CT molecular complexity index is 395. The first-order valence-electron chi connectivity index (χ1n) is 6.21. The van der Waals surface area contributed by atoms with Gasteiger partial charge in [0.1, 0.15) is 0 Å². The lowest BCUT2D eigenvalue weighted by Crippen LogP contribution is -2.42. The van der Waals surface area contributed by atoms with Crippen LogP contribution in [0, 0.1) is 5.92 Å². The number of hydrogen-bond acceptors (Lipinski definition) is 2. The van der Waals surface area contributed by atoms with E-state index in [4.69, 9.17) is 5.73 Å². The maximum Gasteiger partial charge on any atom is 0.237 e. The van der Waals surface area contributed by atoms with Crippen LogP contribution in [0.25, 0.3) is 0 Å². The molecular formula is C14H22BrClN2O. The van der Waals surface area contributed by atoms with E-state index in [2.05, 4.69) is 35.1 Å². The average molecular weight is 350 g/mol. The molecule has 1 aromatic rings. The van der Waals surface area contributed by atoms with Gasteiger partial charge in [0.2, 0.25) is 5.91 Å². The highest BCUT2D eigenvalue weighted by atomic mass is 79.9. The van der Waals surface area contributed by atoms with Gasteiger partial charge in [-0.2, -0.15) is 0 Å². The first-order valence-corrected chi connectivity index (χ1v) is 7.01. The lowest BCUT2D eigenvalue weighted by atomic mass is 10.0. The molecule has 1 rings (SSSR count). The smallest absolute Gasteiger partial charge is 0.237 e. The minimum atomic E-state index is -0.428. The van der Waals surface area contributed by atoms with E-state index in [1.807, 2.05) is 31.2 Å². The van der Waals surface area contributed by atoms with Crippen LogP contribution in [-0.2, 0) is 4.79 Å². The fourth-order valence-electron chi connectivity index (χ4n) is 1.77. The quantitative estimate of drug-likeness (QED) is 0.855. The molecule has 0 aromatic heterocycles. The van der Waals surface area contributed by atoms with Gasteiger partial charge in [-0.25, -0.2) is 0 Å². The summed E-state index contributed by atoms with van der Waals surface area (Å²) in [6.45, 7) is 6.08. The molecule has 3 N–H and O–H groups in total. The van der Waals surface area contributed by atoms with Crippen molar-refractivity contribution < 1.29 is 4.79 Å². The summed E-state index contributed by atoms with van der Waals surface area (Å²) < 4.78 is 1.03. The molecule has 1 aromatic carbocycles. The van der Waals surface area contributed by atoms with Crippen molar-refractivity contribution in [3.8, 4) is 0 Å². The van der Waals surface area contributed by atoms with E-state index >= 15 is 0 Å². The van der Waals surface area contributed by atoms with Gasteiger partial charge in [-0.1, -0.05) is 41.9 Å². The first kappa shape index (κ1) is 18.4. The van der Waals surface area contributed by atoms with Gasteiger partial charge in [0, 0.05) is 4.47 Å². The van der Waals surface area contributed by atoms with Crippen molar-refractivity contribution in [3.63, 3.8) is 0 Å². The number of carbonyl (C=O) groups excluding carboxylic acids is 1. The van der Waals surface area contributed by atoms with Crippen LogP contribution in [0.4, 0.5) is 0 Å². The molecule has 5 heteroatoms. The van der Waals surface area contributed by atoms with E-state index < -0.39 is 6.04 Å². The van der Waals surface area contributed by atoms with Crippen LogP contribution in [0.15, 0.2) is 28.7 Å². The van der Waals surface area contributed by atoms with Gasteiger partial charge < -0.3 is 11.1 Å². The second-order valence-electron chi connectivity index (χ2n) is 5.02. The Morgan fingerprint density at radius 3 is 2.26 bits per heavy atom. The first-order chi connectivity index (χ1) is 8.40. The lowest BCUT2D eigenvalue weighted by molar-refractivity contribution is -0.123. The maximum atomic E-state index is 11.9. The van der Waals surface area contributed by atoms with E-state index in [1.165, 1.54) is 0 Å². The largest absolute Gasteiger partial charge is 0.348 e. The highest BCUT2D eigenvalue weighted by Crippen LogP contribution is 2.16. The predicted octanol–water partition coefficient (Wildman–Crippen LogP) is 3.42. The number of nitrogens with one attached hydrogen (secondary N) is 1. The van der Waals surface area contributed by atoms with Gasteiger partial charge in [-0.15, -0.1) is 12.4 Å². The second-order valence-corrected chi connectivity index (χ2v) is 5.93. The topological polar surface area (TPSA) is 55.1 Å². The van der Waals surface area contributed by atoms with E-state index in [0.717, 1.165) is 10.0 Å². The van der Waals surface area contributed by atoms with Crippen molar-refractivity contribution in [2.75, 3.05) is 0 Å². The number of benzene rings is 1. The van der Waals surface area contributed by atoms with Crippen LogP contribution < -0.4 is 11.1 Å². The van der Waals surface area contributed by atoms with Crippen molar-refractivity contribution in [1.82, 2.24) is 5.32 Å². The summed E-state index contributed by atoms with van der Waals surface area (Å²) in [6.07, 6.45) is 0.707. The molecule has 0 heterocycles. The number of nitrogens with two attached hydrogens (primary N) is 1. The molecule has 0 bridgehead atoms. The van der Waals surface area contributed by atoms with Gasteiger partial charge in [0.15, 0.2) is 0 Å². The van der Waals surface area contributed by atoms with Crippen LogP contribution in [0.1, 0.15) is 38.8 Å². The molecule has 0 aliphatic heterocycles. The summed E-state index contributed by atoms with van der Waals surface area (Å²) in [7, 11) is 0. The Kier molecular flexibility index (Phi) is 8.30. The highest BCUT2D eigenvalue weighted by molar-refractivity contribution is 9.10. The molecule has 3 nitrogen and oxygen atoms in total. The summed E-state index contributed by atoms with van der Waals surface area (Å²) in [4.78, 5) is 11.9. The Morgan fingerprint density at radius 2 is 1.79 bits per heavy atom. The van der Waals surface area contributed by atoms with Crippen molar-refractivity contribution in [2.45, 2.75) is 39.3 Å². The van der Waals surface area contributed by atoms with Crippen LogP contribution in [0.5, 0.6) is 0 Å². The van der Waals surface area contributed by atoms with Crippen LogP contribution in [-0.4, -0.2) is 11.9 Å². The predicted molar refractivity (Wildman–Crippen MR) is 85.4 cm³/mol. The summed E-state index contributed by atoms with van der Waals surface area (Å²) in [6, 6.07) is 7.45. The third kappa shape index (κ3) is 6.41. The SMILES string of the molecule is CC(C)C[C@H](N)C(=O)NC(C)c1ccc(Br)cc1.Cl. The highest BCUT2D eigenvalue weighted by Gasteiger charge is 2.17. The number of halogens is 2. The minimum absolute atomic E-state index is 0. The molecule has 0 radical (unpaired) electrons. The Labute approximate surface area is 129 Å². The molecule has 108 valence electrons. The molecule has 19 heavy (non-hydrogen) atoms. The summed E-state index contributed by atoms with van der Waals surface area (Å²) >= 11 is 3.39. The molecule has 0 saturated heterocycles. The number of amides is 1. The molecule has 2 atom stereocenters. The standard InChI is InChI=1S/C14H21BrN2O.ClH/c1-9(2)8-13(16)14(18)17-10(3)11-4-6-12(15)7-5-11;/h4-7,9-10,13H,8,16H2,1-3H3,(H,17,18);1H/t10?,13-;/m0./s1. The monoisotopic (exact) mass is 348 g/mol. The molecule has 0 fully saturated rings. The molecule has 1 unspecified atom stereocenters. The normalized spacial score (nSPS) is 13.6. The fourth-order valence-corrected chi connectivity index (χ4v) is 2.03. The van der Waals surface area contributed by atoms with Gasteiger partial charge in [0.05, 0.1) is 12.1 Å². The van der Waals surface area contributed by atoms with Crippen molar-refractivity contribution in [3.05, 3.63) is 34.3 Å². The molecule has 0 saturated carbocycles. The Hall–Kier alpha value is -0.580. The third-order valence-corrected chi connectivity index (χ3v) is 3.32. The summed E-state index contributed by atoms with van der Waals surface area (Å²) in [5, 5.41) is 2.94. The fraction of sp³-hybridized carbons (Fsp3) is 0.500. The van der Waals surface area contributed by atoms with Crippen molar-refractivity contribution in [1.29, 1.82) is 0 Å². The maximum absolute atomic E-state index is 11.9. The van der Waals surface area contributed by atoms with Gasteiger partial charge in [-0.05, 0) is 37.0 Å². The molecule has 0 aliphatic carbocycles. The van der Waals surface area contributed by atoms with Gasteiger partial charge in [0.25, 0.3) is 0 Å². The second kappa shape index (κ2) is 8.56. The minimum Gasteiger partial charge on any atom is -0.348 e. The zero-order valence-corrected chi connectivity index (χ0v) is 13.9.